The van der Waals surface area contributed by atoms with Crippen molar-refractivity contribution in [1.29, 1.82) is 0 Å². The van der Waals surface area contributed by atoms with E-state index in [1.54, 1.807) is 0 Å². The minimum atomic E-state index is 0.648. The summed E-state index contributed by atoms with van der Waals surface area (Å²) < 4.78 is 0. The monoisotopic (exact) mass is 112 g/mol. The highest BCUT2D eigenvalue weighted by Crippen LogP contribution is 2.28. The molecule has 2 N–H and O–H groups in total. The first kappa shape index (κ1) is 5.60. The SMILES string of the molecule is CC/N=C(/N)C1CC1. The van der Waals surface area contributed by atoms with Crippen molar-refractivity contribution in [2.24, 2.45) is 16.6 Å². The Balaban J connectivity index is 2.31. The van der Waals surface area contributed by atoms with Gasteiger partial charge in [0.15, 0.2) is 0 Å². The summed E-state index contributed by atoms with van der Waals surface area (Å²) in [5, 5.41) is 0. The molecule has 0 unspecified atom stereocenters. The number of amidine groups is 1. The number of aliphatic imine (C=N–C) groups is 1. The Morgan fingerprint density at radius 2 is 2.38 bits per heavy atom. The molecule has 0 radical (unpaired) electrons. The van der Waals surface area contributed by atoms with Crippen LogP contribution in [0.5, 0.6) is 0 Å². The highest BCUT2D eigenvalue weighted by Gasteiger charge is 2.24. The molecule has 0 bridgehead atoms. The third-order valence-corrected chi connectivity index (χ3v) is 1.34. The summed E-state index contributed by atoms with van der Waals surface area (Å²) in [5.74, 6) is 1.52. The van der Waals surface area contributed by atoms with Gasteiger partial charge in [0.2, 0.25) is 0 Å². The summed E-state index contributed by atoms with van der Waals surface area (Å²) in [5.41, 5.74) is 5.54. The Bertz CT molecular complexity index is 103. The van der Waals surface area contributed by atoms with Crippen LogP contribution in [-0.2, 0) is 0 Å². The van der Waals surface area contributed by atoms with E-state index in [9.17, 15) is 0 Å². The van der Waals surface area contributed by atoms with Crippen LogP contribution in [0.4, 0.5) is 0 Å². The summed E-state index contributed by atoms with van der Waals surface area (Å²) in [6, 6.07) is 0. The molecule has 0 aromatic carbocycles. The van der Waals surface area contributed by atoms with E-state index in [0.29, 0.717) is 5.92 Å². The van der Waals surface area contributed by atoms with Crippen molar-refractivity contribution in [2.45, 2.75) is 19.8 Å². The minimum Gasteiger partial charge on any atom is -0.387 e. The van der Waals surface area contributed by atoms with E-state index < -0.39 is 0 Å². The van der Waals surface area contributed by atoms with Crippen molar-refractivity contribution in [3.8, 4) is 0 Å². The van der Waals surface area contributed by atoms with E-state index in [1.807, 2.05) is 6.92 Å². The molecule has 1 rings (SSSR count). The fraction of sp³-hybridized carbons (Fsp3) is 0.833. The van der Waals surface area contributed by atoms with Gasteiger partial charge in [0.05, 0.1) is 5.84 Å². The van der Waals surface area contributed by atoms with E-state index in [1.165, 1.54) is 12.8 Å². The minimum absolute atomic E-state index is 0.648. The molecule has 2 heteroatoms. The van der Waals surface area contributed by atoms with E-state index in [4.69, 9.17) is 5.73 Å². The smallest absolute Gasteiger partial charge is 0.0968 e. The summed E-state index contributed by atoms with van der Waals surface area (Å²) in [6.45, 7) is 2.84. The lowest BCUT2D eigenvalue weighted by molar-refractivity contribution is 1.06. The lowest BCUT2D eigenvalue weighted by atomic mass is 10.4. The molecular weight excluding hydrogens is 100 g/mol. The van der Waals surface area contributed by atoms with Crippen molar-refractivity contribution in [3.63, 3.8) is 0 Å². The molecule has 46 valence electrons. The van der Waals surface area contributed by atoms with Gasteiger partial charge in [0, 0.05) is 12.5 Å². The lowest BCUT2D eigenvalue weighted by Crippen LogP contribution is -2.13. The van der Waals surface area contributed by atoms with E-state index in [2.05, 4.69) is 4.99 Å². The van der Waals surface area contributed by atoms with Crippen LogP contribution in [-0.4, -0.2) is 12.4 Å². The Labute approximate surface area is 49.8 Å². The molecule has 0 saturated heterocycles. The summed E-state index contributed by atoms with van der Waals surface area (Å²) in [7, 11) is 0. The van der Waals surface area contributed by atoms with Crippen LogP contribution >= 0.6 is 0 Å². The van der Waals surface area contributed by atoms with E-state index >= 15 is 0 Å². The van der Waals surface area contributed by atoms with Gasteiger partial charge in [-0.05, 0) is 19.8 Å². The highest BCUT2D eigenvalue weighted by atomic mass is 14.9. The van der Waals surface area contributed by atoms with Crippen molar-refractivity contribution in [2.75, 3.05) is 6.54 Å². The number of nitrogens with zero attached hydrogens (tertiary/aromatic N) is 1. The molecule has 1 fully saturated rings. The predicted molar refractivity (Wildman–Crippen MR) is 34.9 cm³/mol. The van der Waals surface area contributed by atoms with Crippen LogP contribution in [0.25, 0.3) is 0 Å². The molecule has 0 aromatic rings. The summed E-state index contributed by atoms with van der Waals surface area (Å²) >= 11 is 0. The maximum atomic E-state index is 5.54. The van der Waals surface area contributed by atoms with E-state index in [0.717, 1.165) is 12.4 Å². The number of hydrogen-bond acceptors (Lipinski definition) is 1. The number of rotatable bonds is 2. The molecule has 1 aliphatic rings. The maximum Gasteiger partial charge on any atom is 0.0968 e. The fourth-order valence-corrected chi connectivity index (χ4v) is 0.691. The lowest BCUT2D eigenvalue weighted by Gasteiger charge is -1.91. The first-order valence-electron chi connectivity index (χ1n) is 3.14. The first-order valence-corrected chi connectivity index (χ1v) is 3.14. The number of hydrogen-bond donors (Lipinski definition) is 1. The molecule has 0 atom stereocenters. The number of nitrogens with two attached hydrogens (primary N) is 1. The molecule has 1 aliphatic carbocycles. The quantitative estimate of drug-likeness (QED) is 0.416. The molecule has 1 saturated carbocycles. The molecule has 2 nitrogen and oxygen atoms in total. The Kier molecular flexibility index (Phi) is 1.51. The largest absolute Gasteiger partial charge is 0.387 e. The second-order valence-corrected chi connectivity index (χ2v) is 2.17. The van der Waals surface area contributed by atoms with Gasteiger partial charge in [-0.2, -0.15) is 0 Å². The van der Waals surface area contributed by atoms with Gasteiger partial charge in [0.25, 0.3) is 0 Å². The van der Waals surface area contributed by atoms with Crippen molar-refractivity contribution < 1.29 is 0 Å². The van der Waals surface area contributed by atoms with Gasteiger partial charge in [-0.3, -0.25) is 4.99 Å². The zero-order valence-electron chi connectivity index (χ0n) is 5.22. The van der Waals surface area contributed by atoms with Crippen LogP contribution in [0.2, 0.25) is 0 Å². The van der Waals surface area contributed by atoms with Gasteiger partial charge >= 0.3 is 0 Å². The molecular formula is C6H12N2. The molecule has 8 heavy (non-hydrogen) atoms. The molecule has 0 spiro atoms. The Morgan fingerprint density at radius 1 is 1.75 bits per heavy atom. The molecule has 0 heterocycles. The Morgan fingerprint density at radius 3 is 2.75 bits per heavy atom. The standard InChI is InChI=1S/C6H12N2/c1-2-8-6(7)5-3-4-5/h5H,2-4H2,1H3,(H2,7,8). The average molecular weight is 112 g/mol. The topological polar surface area (TPSA) is 38.4 Å². The maximum absolute atomic E-state index is 5.54. The normalized spacial score (nSPS) is 21.4. The van der Waals surface area contributed by atoms with E-state index in [-0.39, 0.29) is 0 Å². The van der Waals surface area contributed by atoms with Gasteiger partial charge in [-0.15, -0.1) is 0 Å². The second-order valence-electron chi connectivity index (χ2n) is 2.17. The third kappa shape index (κ3) is 1.22. The van der Waals surface area contributed by atoms with Crippen LogP contribution in [0.3, 0.4) is 0 Å². The zero-order valence-corrected chi connectivity index (χ0v) is 5.22. The van der Waals surface area contributed by atoms with Crippen LogP contribution in [0.1, 0.15) is 19.8 Å². The first-order chi connectivity index (χ1) is 3.84. The van der Waals surface area contributed by atoms with Gasteiger partial charge in [-0.1, -0.05) is 0 Å². The van der Waals surface area contributed by atoms with Crippen LogP contribution in [0.15, 0.2) is 4.99 Å². The summed E-state index contributed by atoms with van der Waals surface area (Å²) in [4.78, 5) is 4.08. The summed E-state index contributed by atoms with van der Waals surface area (Å²) in [6.07, 6.45) is 2.52. The van der Waals surface area contributed by atoms with Crippen LogP contribution in [0, 0.1) is 5.92 Å². The van der Waals surface area contributed by atoms with Crippen LogP contribution < -0.4 is 5.73 Å². The molecule has 0 amide bonds. The van der Waals surface area contributed by atoms with Gasteiger partial charge < -0.3 is 5.73 Å². The predicted octanol–water partition coefficient (Wildman–Crippen LogP) is 0.774. The Hall–Kier alpha value is -0.530. The van der Waals surface area contributed by atoms with Crippen molar-refractivity contribution >= 4 is 5.84 Å². The van der Waals surface area contributed by atoms with Crippen molar-refractivity contribution in [3.05, 3.63) is 0 Å². The van der Waals surface area contributed by atoms with Crippen molar-refractivity contribution in [1.82, 2.24) is 0 Å². The van der Waals surface area contributed by atoms with Gasteiger partial charge in [-0.25, -0.2) is 0 Å². The zero-order chi connectivity index (χ0) is 5.98. The molecule has 0 aromatic heterocycles. The fourth-order valence-electron chi connectivity index (χ4n) is 0.691. The van der Waals surface area contributed by atoms with Gasteiger partial charge in [0.1, 0.15) is 0 Å². The third-order valence-electron chi connectivity index (χ3n) is 1.34. The average Bonchev–Trinajstić information content (AvgIpc) is 2.45. The molecule has 0 aliphatic heterocycles. The highest BCUT2D eigenvalue weighted by molar-refractivity contribution is 5.84. The second kappa shape index (κ2) is 2.16.